The largest absolute Gasteiger partial charge is 0.472 e. The molecule has 0 unspecified atom stereocenters. The lowest BCUT2D eigenvalue weighted by Crippen LogP contribution is -2.28. The average molecular weight is 336 g/mol. The second kappa shape index (κ2) is 6.67. The number of rotatable bonds is 6. The second-order valence-electron chi connectivity index (χ2n) is 4.27. The average Bonchev–Trinajstić information content (AvgIpc) is 3.24. The van der Waals surface area contributed by atoms with Gasteiger partial charge in [-0.1, -0.05) is 11.2 Å². The minimum atomic E-state index is -0.224. The number of aryl methyl sites for hydroxylation is 1. The van der Waals surface area contributed by atoms with Gasteiger partial charge in [-0.05, 0) is 23.5 Å². The van der Waals surface area contributed by atoms with Gasteiger partial charge in [-0.3, -0.25) is 4.79 Å². The van der Waals surface area contributed by atoms with Crippen LogP contribution in [0.25, 0.3) is 9.88 Å². The first-order valence-corrected chi connectivity index (χ1v) is 8.19. The van der Waals surface area contributed by atoms with Gasteiger partial charge in [0.25, 0.3) is 11.8 Å². The molecule has 114 valence electrons. The fraction of sp³-hybridized carbons (Fsp3) is 0.231. The molecule has 7 nitrogen and oxygen atoms in total. The molecule has 0 atom stereocenters. The van der Waals surface area contributed by atoms with Gasteiger partial charge in [0, 0.05) is 5.38 Å². The van der Waals surface area contributed by atoms with Crippen LogP contribution in [0.5, 0.6) is 5.88 Å². The molecule has 3 heterocycles. The SMILES string of the molecule is Cc1nonc1OCCNC(=O)c1csc(-c2cccs2)n1. The van der Waals surface area contributed by atoms with Crippen LogP contribution in [0.2, 0.25) is 0 Å². The van der Waals surface area contributed by atoms with Crippen molar-refractivity contribution in [3.8, 4) is 15.8 Å². The summed E-state index contributed by atoms with van der Waals surface area (Å²) in [6.07, 6.45) is 0. The molecule has 0 aliphatic heterocycles. The van der Waals surface area contributed by atoms with Gasteiger partial charge in [-0.15, -0.1) is 22.7 Å². The first-order chi connectivity index (χ1) is 10.7. The fourth-order valence-corrected chi connectivity index (χ4v) is 3.26. The van der Waals surface area contributed by atoms with E-state index in [0.717, 1.165) is 9.88 Å². The number of carbonyl (C=O) groups is 1. The lowest BCUT2D eigenvalue weighted by molar-refractivity contribution is 0.0942. The van der Waals surface area contributed by atoms with E-state index in [9.17, 15) is 4.79 Å². The van der Waals surface area contributed by atoms with E-state index in [4.69, 9.17) is 4.74 Å². The van der Waals surface area contributed by atoms with Gasteiger partial charge in [0.15, 0.2) is 0 Å². The van der Waals surface area contributed by atoms with E-state index < -0.39 is 0 Å². The molecule has 9 heteroatoms. The van der Waals surface area contributed by atoms with Crippen LogP contribution in [0.4, 0.5) is 0 Å². The number of nitrogens with one attached hydrogen (secondary N) is 1. The lowest BCUT2D eigenvalue weighted by atomic mass is 10.4. The summed E-state index contributed by atoms with van der Waals surface area (Å²) in [5.41, 5.74) is 0.985. The molecule has 0 aromatic carbocycles. The van der Waals surface area contributed by atoms with Crippen LogP contribution in [0, 0.1) is 6.92 Å². The van der Waals surface area contributed by atoms with Crippen molar-refractivity contribution in [3.63, 3.8) is 0 Å². The predicted octanol–water partition coefficient (Wildman–Crippen LogP) is 2.37. The Kier molecular flexibility index (Phi) is 4.45. The molecule has 3 aromatic rings. The third kappa shape index (κ3) is 3.31. The molecule has 1 N–H and O–H groups in total. The molecular formula is C13H12N4O3S2. The number of thiophene rings is 1. The molecule has 0 spiro atoms. The molecule has 22 heavy (non-hydrogen) atoms. The molecule has 3 aromatic heterocycles. The molecule has 0 aliphatic carbocycles. The van der Waals surface area contributed by atoms with Crippen LogP contribution >= 0.6 is 22.7 Å². The fourth-order valence-electron chi connectivity index (χ4n) is 1.65. The van der Waals surface area contributed by atoms with Gasteiger partial charge in [0.2, 0.25) is 0 Å². The normalized spacial score (nSPS) is 10.6. The third-order valence-electron chi connectivity index (χ3n) is 2.71. The maximum absolute atomic E-state index is 12.0. The maximum atomic E-state index is 12.0. The number of amides is 1. The molecule has 0 aliphatic rings. The van der Waals surface area contributed by atoms with Crippen molar-refractivity contribution in [2.24, 2.45) is 0 Å². The number of thiazole rings is 1. The number of carbonyl (C=O) groups excluding carboxylic acids is 1. The van der Waals surface area contributed by atoms with Crippen molar-refractivity contribution in [2.45, 2.75) is 6.92 Å². The molecule has 0 saturated heterocycles. The first-order valence-electron chi connectivity index (χ1n) is 6.43. The minimum Gasteiger partial charge on any atom is -0.472 e. The number of hydrogen-bond acceptors (Lipinski definition) is 8. The summed E-state index contributed by atoms with van der Waals surface area (Å²) >= 11 is 3.05. The quantitative estimate of drug-likeness (QED) is 0.695. The van der Waals surface area contributed by atoms with Crippen LogP contribution in [0.3, 0.4) is 0 Å². The van der Waals surface area contributed by atoms with Crippen LogP contribution < -0.4 is 10.1 Å². The van der Waals surface area contributed by atoms with Crippen molar-refractivity contribution in [2.75, 3.05) is 13.2 Å². The Bertz CT molecular complexity index is 751. The summed E-state index contributed by atoms with van der Waals surface area (Å²) in [5, 5.41) is 14.5. The topological polar surface area (TPSA) is 90.1 Å². The maximum Gasteiger partial charge on any atom is 0.278 e. The zero-order chi connectivity index (χ0) is 15.4. The van der Waals surface area contributed by atoms with Gasteiger partial charge >= 0.3 is 0 Å². The molecule has 0 radical (unpaired) electrons. The number of ether oxygens (including phenoxy) is 1. The van der Waals surface area contributed by atoms with E-state index >= 15 is 0 Å². The first kappa shape index (κ1) is 14.7. The highest BCUT2D eigenvalue weighted by Crippen LogP contribution is 2.27. The summed E-state index contributed by atoms with van der Waals surface area (Å²) in [7, 11) is 0. The van der Waals surface area contributed by atoms with Gasteiger partial charge in [-0.25, -0.2) is 9.61 Å². The van der Waals surface area contributed by atoms with E-state index in [1.54, 1.807) is 23.6 Å². The second-order valence-corrected chi connectivity index (χ2v) is 6.08. The zero-order valence-electron chi connectivity index (χ0n) is 11.6. The highest BCUT2D eigenvalue weighted by Gasteiger charge is 2.12. The van der Waals surface area contributed by atoms with E-state index in [-0.39, 0.29) is 12.5 Å². The summed E-state index contributed by atoms with van der Waals surface area (Å²) in [4.78, 5) is 17.4. The van der Waals surface area contributed by atoms with Crippen molar-refractivity contribution in [1.82, 2.24) is 20.6 Å². The standard InChI is InChI=1S/C13H12N4O3S2/c1-8-12(17-20-16-8)19-5-4-14-11(18)9-7-22-13(15-9)10-3-2-6-21-10/h2-3,6-7H,4-5H2,1H3,(H,14,18). The number of hydrogen-bond donors (Lipinski definition) is 1. The summed E-state index contributed by atoms with van der Waals surface area (Å²) in [5.74, 6) is 0.112. The van der Waals surface area contributed by atoms with E-state index in [2.05, 4.69) is 25.2 Å². The molecule has 3 rings (SSSR count). The molecule has 0 saturated carbocycles. The predicted molar refractivity (Wildman–Crippen MR) is 82.3 cm³/mol. The van der Waals surface area contributed by atoms with Gasteiger partial charge in [-0.2, -0.15) is 0 Å². The molecular weight excluding hydrogens is 324 g/mol. The Balaban J connectivity index is 1.49. The Morgan fingerprint density at radius 1 is 1.41 bits per heavy atom. The molecule has 0 fully saturated rings. The number of nitrogens with zero attached hydrogens (tertiary/aromatic N) is 3. The van der Waals surface area contributed by atoms with Crippen LogP contribution in [-0.2, 0) is 0 Å². The monoisotopic (exact) mass is 336 g/mol. The van der Waals surface area contributed by atoms with Crippen molar-refractivity contribution in [1.29, 1.82) is 0 Å². The summed E-state index contributed by atoms with van der Waals surface area (Å²) in [6.45, 7) is 2.35. The van der Waals surface area contributed by atoms with E-state index in [1.807, 2.05) is 17.5 Å². The van der Waals surface area contributed by atoms with Gasteiger partial charge in [0.05, 0.1) is 11.4 Å². The zero-order valence-corrected chi connectivity index (χ0v) is 13.2. The molecule has 1 amide bonds. The van der Waals surface area contributed by atoms with Crippen LogP contribution in [-0.4, -0.2) is 34.4 Å². The Labute approximate surface area is 133 Å². The van der Waals surface area contributed by atoms with Gasteiger partial charge < -0.3 is 10.1 Å². The van der Waals surface area contributed by atoms with Crippen LogP contribution in [0.1, 0.15) is 16.2 Å². The van der Waals surface area contributed by atoms with Crippen LogP contribution in [0.15, 0.2) is 27.5 Å². The summed E-state index contributed by atoms with van der Waals surface area (Å²) in [6, 6.07) is 3.94. The van der Waals surface area contributed by atoms with Crippen molar-refractivity contribution in [3.05, 3.63) is 34.3 Å². The minimum absolute atomic E-state index is 0.224. The van der Waals surface area contributed by atoms with E-state index in [0.29, 0.717) is 23.8 Å². The lowest BCUT2D eigenvalue weighted by Gasteiger charge is -2.03. The Morgan fingerprint density at radius 2 is 2.32 bits per heavy atom. The van der Waals surface area contributed by atoms with Crippen molar-refractivity contribution >= 4 is 28.6 Å². The highest BCUT2D eigenvalue weighted by molar-refractivity contribution is 7.20. The Morgan fingerprint density at radius 3 is 3.05 bits per heavy atom. The summed E-state index contributed by atoms with van der Waals surface area (Å²) < 4.78 is 9.84. The smallest absolute Gasteiger partial charge is 0.278 e. The van der Waals surface area contributed by atoms with Gasteiger partial charge in [0.1, 0.15) is 23.0 Å². The highest BCUT2D eigenvalue weighted by atomic mass is 32.1. The Hall–Kier alpha value is -2.26. The molecule has 0 bridgehead atoms. The number of aromatic nitrogens is 3. The third-order valence-corrected chi connectivity index (χ3v) is 4.59. The van der Waals surface area contributed by atoms with E-state index in [1.165, 1.54) is 11.3 Å². The van der Waals surface area contributed by atoms with Crippen molar-refractivity contribution < 1.29 is 14.2 Å².